The molecule has 3 aliphatic rings. The van der Waals surface area contributed by atoms with E-state index >= 15 is 0 Å². The van der Waals surface area contributed by atoms with Crippen LogP contribution in [0.2, 0.25) is 0 Å². The Morgan fingerprint density at radius 1 is 1.13 bits per heavy atom. The summed E-state index contributed by atoms with van der Waals surface area (Å²) < 4.78 is 18.8. The molecule has 2 fully saturated rings. The van der Waals surface area contributed by atoms with Crippen LogP contribution in [0.4, 0.5) is 10.5 Å². The molecule has 5 nitrogen and oxygen atoms in total. The molecule has 158 valence electrons. The van der Waals surface area contributed by atoms with Crippen molar-refractivity contribution >= 4 is 11.8 Å². The molecule has 0 radical (unpaired) electrons. The van der Waals surface area contributed by atoms with Crippen molar-refractivity contribution in [3.05, 3.63) is 60.2 Å². The van der Waals surface area contributed by atoms with Gasteiger partial charge in [0.2, 0.25) is 0 Å². The SMILES string of the molecule is C[C@@H]1C[C@@]2(C)Oc3ccccc3[C@H]3OC[C@]1(COC(=O)Nc1ccccc1)[C@@H](C)[C@@H]32. The maximum absolute atomic E-state index is 12.4. The van der Waals surface area contributed by atoms with Crippen LogP contribution in [0.5, 0.6) is 5.75 Å². The number of ether oxygens (including phenoxy) is 3. The number of hydrogen-bond donors (Lipinski definition) is 1. The van der Waals surface area contributed by atoms with Crippen LogP contribution in [0.1, 0.15) is 38.9 Å². The number of rotatable bonds is 3. The lowest BCUT2D eigenvalue weighted by Crippen LogP contribution is -2.66. The van der Waals surface area contributed by atoms with E-state index in [0.717, 1.165) is 23.4 Å². The van der Waals surface area contributed by atoms with Gasteiger partial charge >= 0.3 is 6.09 Å². The lowest BCUT2D eigenvalue weighted by molar-refractivity contribution is -0.259. The molecule has 1 amide bonds. The van der Waals surface area contributed by atoms with Crippen LogP contribution in [0.3, 0.4) is 0 Å². The summed E-state index contributed by atoms with van der Waals surface area (Å²) in [6.45, 7) is 7.66. The molecule has 6 atom stereocenters. The molecule has 5 rings (SSSR count). The van der Waals surface area contributed by atoms with Crippen molar-refractivity contribution in [3.63, 3.8) is 0 Å². The minimum Gasteiger partial charge on any atom is -0.487 e. The van der Waals surface area contributed by atoms with Crippen molar-refractivity contribution in [3.8, 4) is 5.75 Å². The van der Waals surface area contributed by atoms with Gasteiger partial charge in [-0.15, -0.1) is 0 Å². The number of anilines is 1. The molecule has 1 N–H and O–H groups in total. The first-order valence-electron chi connectivity index (χ1n) is 10.8. The molecular weight excluding hydrogens is 378 g/mol. The minimum atomic E-state index is -0.421. The predicted molar refractivity (Wildman–Crippen MR) is 114 cm³/mol. The fourth-order valence-corrected chi connectivity index (χ4v) is 6.13. The van der Waals surface area contributed by atoms with Crippen molar-refractivity contribution in [1.82, 2.24) is 0 Å². The van der Waals surface area contributed by atoms with Crippen LogP contribution in [0.15, 0.2) is 54.6 Å². The van der Waals surface area contributed by atoms with Gasteiger partial charge in [0, 0.05) is 22.6 Å². The summed E-state index contributed by atoms with van der Waals surface area (Å²) in [5, 5.41) is 2.82. The van der Waals surface area contributed by atoms with Crippen molar-refractivity contribution in [2.45, 2.75) is 38.9 Å². The number of hydrogen-bond acceptors (Lipinski definition) is 4. The maximum atomic E-state index is 12.4. The van der Waals surface area contributed by atoms with Gasteiger partial charge in [0.25, 0.3) is 0 Å². The second kappa shape index (κ2) is 7.02. The average Bonchev–Trinajstić information content (AvgIpc) is 2.73. The predicted octanol–water partition coefficient (Wildman–Crippen LogP) is 5.44. The quantitative estimate of drug-likeness (QED) is 0.736. The third-order valence-electron chi connectivity index (χ3n) is 7.76. The molecule has 1 saturated carbocycles. The van der Waals surface area contributed by atoms with Gasteiger partial charge in [-0.1, -0.05) is 50.2 Å². The van der Waals surface area contributed by atoms with Gasteiger partial charge in [-0.2, -0.15) is 0 Å². The lowest BCUT2D eigenvalue weighted by Gasteiger charge is -2.63. The standard InChI is InChI=1S/C25H29NO4/c1-16-13-24(3)21-17(2)25(16,15-29-23(27)26-18-9-5-4-6-10-18)14-28-22(21)19-11-7-8-12-20(19)30-24/h4-12,16-17,21-22H,13-15H2,1-3H3,(H,26,27)/t16-,17+,21+,22-,24-,25-/m1/s1. The fraction of sp³-hybridized carbons (Fsp3) is 0.480. The number of nitrogens with one attached hydrogen (secondary N) is 1. The number of para-hydroxylation sites is 2. The Morgan fingerprint density at radius 3 is 2.67 bits per heavy atom. The van der Waals surface area contributed by atoms with E-state index in [4.69, 9.17) is 14.2 Å². The highest BCUT2D eigenvalue weighted by molar-refractivity contribution is 5.84. The van der Waals surface area contributed by atoms with E-state index < -0.39 is 6.09 Å². The third kappa shape index (κ3) is 2.90. The Kier molecular flexibility index (Phi) is 4.55. The van der Waals surface area contributed by atoms with E-state index in [9.17, 15) is 4.79 Å². The summed E-state index contributed by atoms with van der Waals surface area (Å²) in [5.74, 6) is 1.75. The molecule has 0 spiro atoms. The summed E-state index contributed by atoms with van der Waals surface area (Å²) in [6.07, 6.45) is 0.518. The van der Waals surface area contributed by atoms with E-state index in [2.05, 4.69) is 32.2 Å². The van der Waals surface area contributed by atoms with Gasteiger partial charge in [0.15, 0.2) is 0 Å². The van der Waals surface area contributed by atoms with Gasteiger partial charge in [-0.05, 0) is 43.4 Å². The number of carbonyl (C=O) groups excluding carboxylic acids is 1. The van der Waals surface area contributed by atoms with Crippen molar-refractivity contribution < 1.29 is 19.0 Å². The van der Waals surface area contributed by atoms with E-state index in [1.165, 1.54) is 0 Å². The monoisotopic (exact) mass is 407 g/mol. The normalized spacial score (nSPS) is 36.2. The second-order valence-electron chi connectivity index (χ2n) is 9.40. The smallest absolute Gasteiger partial charge is 0.411 e. The summed E-state index contributed by atoms with van der Waals surface area (Å²) in [5.41, 5.74) is 1.37. The minimum absolute atomic E-state index is 0.0220. The summed E-state index contributed by atoms with van der Waals surface area (Å²) in [7, 11) is 0. The molecular formula is C25H29NO4. The van der Waals surface area contributed by atoms with Crippen LogP contribution in [-0.2, 0) is 9.47 Å². The molecule has 0 unspecified atom stereocenters. The molecule has 30 heavy (non-hydrogen) atoms. The Bertz CT molecular complexity index is 947. The largest absolute Gasteiger partial charge is 0.487 e. The second-order valence-corrected chi connectivity index (χ2v) is 9.40. The zero-order chi connectivity index (χ0) is 20.9. The van der Waals surface area contributed by atoms with E-state index in [-0.39, 0.29) is 23.0 Å². The fourth-order valence-electron chi connectivity index (χ4n) is 6.13. The molecule has 2 aliphatic heterocycles. The molecule has 2 heterocycles. The van der Waals surface area contributed by atoms with Crippen LogP contribution in [0.25, 0.3) is 0 Å². The Balaban J connectivity index is 1.38. The maximum Gasteiger partial charge on any atom is 0.411 e. The first-order valence-corrected chi connectivity index (χ1v) is 10.8. The summed E-state index contributed by atoms with van der Waals surface area (Å²) in [4.78, 5) is 12.4. The zero-order valence-electron chi connectivity index (χ0n) is 17.8. The summed E-state index contributed by atoms with van der Waals surface area (Å²) >= 11 is 0. The highest BCUT2D eigenvalue weighted by atomic mass is 16.6. The molecule has 2 aromatic carbocycles. The first-order chi connectivity index (χ1) is 14.4. The van der Waals surface area contributed by atoms with E-state index in [0.29, 0.717) is 25.0 Å². The molecule has 1 aliphatic carbocycles. The van der Waals surface area contributed by atoms with Crippen molar-refractivity contribution in [2.24, 2.45) is 23.2 Å². The summed E-state index contributed by atoms with van der Waals surface area (Å²) in [6, 6.07) is 17.6. The zero-order valence-corrected chi connectivity index (χ0v) is 17.8. The van der Waals surface area contributed by atoms with Crippen LogP contribution < -0.4 is 10.1 Å². The Hall–Kier alpha value is -2.53. The average molecular weight is 408 g/mol. The third-order valence-corrected chi connectivity index (χ3v) is 7.76. The van der Waals surface area contributed by atoms with Crippen LogP contribution in [-0.4, -0.2) is 24.9 Å². The van der Waals surface area contributed by atoms with E-state index in [1.54, 1.807) is 0 Å². The lowest BCUT2D eigenvalue weighted by atomic mass is 9.50. The van der Waals surface area contributed by atoms with Crippen molar-refractivity contribution in [2.75, 3.05) is 18.5 Å². The number of fused-ring (bicyclic) bond motifs is 3. The highest BCUT2D eigenvalue weighted by Crippen LogP contribution is 2.63. The van der Waals surface area contributed by atoms with Crippen LogP contribution in [0, 0.1) is 23.2 Å². The molecule has 0 aromatic heterocycles. The van der Waals surface area contributed by atoms with Gasteiger partial charge in [-0.25, -0.2) is 4.79 Å². The molecule has 5 heteroatoms. The Morgan fingerprint density at radius 2 is 1.87 bits per heavy atom. The molecule has 2 bridgehead atoms. The molecule has 1 saturated heterocycles. The van der Waals surface area contributed by atoms with Crippen molar-refractivity contribution in [1.29, 1.82) is 0 Å². The van der Waals surface area contributed by atoms with Gasteiger partial charge in [-0.3, -0.25) is 5.32 Å². The van der Waals surface area contributed by atoms with Gasteiger partial charge in [0.1, 0.15) is 18.0 Å². The topological polar surface area (TPSA) is 56.8 Å². The first kappa shape index (κ1) is 19.4. The number of amides is 1. The van der Waals surface area contributed by atoms with Gasteiger partial charge < -0.3 is 14.2 Å². The van der Waals surface area contributed by atoms with Gasteiger partial charge in [0.05, 0.1) is 12.7 Å². The highest BCUT2D eigenvalue weighted by Gasteiger charge is 2.64. The number of carbonyl (C=O) groups is 1. The Labute approximate surface area is 177 Å². The van der Waals surface area contributed by atoms with Crippen LogP contribution >= 0.6 is 0 Å². The van der Waals surface area contributed by atoms with E-state index in [1.807, 2.05) is 48.5 Å². The number of benzene rings is 2. The molecule has 2 aromatic rings.